The molecule has 1 aromatic heterocycles. The number of nitrogens with zero attached hydrogens (tertiary/aromatic N) is 2. The van der Waals surface area contributed by atoms with Gasteiger partial charge in [-0.05, 0) is 32.2 Å². The number of rotatable bonds is 6. The molecule has 1 aliphatic rings. The third-order valence-electron chi connectivity index (χ3n) is 4.31. The van der Waals surface area contributed by atoms with E-state index < -0.39 is 0 Å². The van der Waals surface area contributed by atoms with Crippen molar-refractivity contribution >= 4 is 16.5 Å². The van der Waals surface area contributed by atoms with Crippen LogP contribution in [0.5, 0.6) is 0 Å². The van der Waals surface area contributed by atoms with Crippen molar-refractivity contribution in [1.29, 1.82) is 0 Å². The minimum atomic E-state index is 0.560. The van der Waals surface area contributed by atoms with Gasteiger partial charge in [-0.1, -0.05) is 26.7 Å². The third kappa shape index (κ3) is 3.29. The van der Waals surface area contributed by atoms with Crippen LogP contribution in [0.25, 0.3) is 0 Å². The summed E-state index contributed by atoms with van der Waals surface area (Å²) in [6, 6.07) is 0.707. The van der Waals surface area contributed by atoms with Gasteiger partial charge < -0.3 is 10.2 Å². The van der Waals surface area contributed by atoms with Crippen LogP contribution in [-0.2, 0) is 6.54 Å². The van der Waals surface area contributed by atoms with Crippen molar-refractivity contribution < 1.29 is 0 Å². The van der Waals surface area contributed by atoms with Gasteiger partial charge in [0, 0.05) is 24.5 Å². The van der Waals surface area contributed by atoms with Gasteiger partial charge in [-0.25, -0.2) is 4.98 Å². The summed E-state index contributed by atoms with van der Waals surface area (Å²) in [6.45, 7) is 5.47. The molecule has 1 saturated carbocycles. The van der Waals surface area contributed by atoms with E-state index in [2.05, 4.69) is 31.1 Å². The van der Waals surface area contributed by atoms with Crippen molar-refractivity contribution in [3.8, 4) is 0 Å². The number of thiazole rings is 1. The first-order valence-electron chi connectivity index (χ1n) is 7.54. The molecule has 1 aliphatic carbocycles. The normalized spacial score (nSPS) is 17.9. The van der Waals surface area contributed by atoms with E-state index in [1.165, 1.54) is 41.4 Å². The Morgan fingerprint density at radius 1 is 1.42 bits per heavy atom. The van der Waals surface area contributed by atoms with E-state index in [1.54, 1.807) is 0 Å². The van der Waals surface area contributed by atoms with Crippen molar-refractivity contribution in [1.82, 2.24) is 10.3 Å². The Bertz CT molecular complexity index is 396. The van der Waals surface area contributed by atoms with Gasteiger partial charge in [-0.2, -0.15) is 0 Å². The highest BCUT2D eigenvalue weighted by molar-refractivity contribution is 7.15. The second-order valence-corrected chi connectivity index (χ2v) is 6.76. The van der Waals surface area contributed by atoms with Gasteiger partial charge in [-0.15, -0.1) is 11.3 Å². The van der Waals surface area contributed by atoms with E-state index in [0.717, 1.165) is 13.0 Å². The van der Waals surface area contributed by atoms with Crippen molar-refractivity contribution in [3.05, 3.63) is 10.6 Å². The number of aromatic nitrogens is 1. The molecule has 0 aliphatic heterocycles. The fourth-order valence-electron chi connectivity index (χ4n) is 2.81. The molecule has 0 saturated heterocycles. The zero-order valence-electron chi connectivity index (χ0n) is 12.7. The van der Waals surface area contributed by atoms with E-state index in [4.69, 9.17) is 4.98 Å². The lowest BCUT2D eigenvalue weighted by molar-refractivity contribution is 0.645. The highest BCUT2D eigenvalue weighted by Gasteiger charge is 2.24. The standard InChI is InChI=1S/C15H27N3S/c1-5-11(2)14-13(10-16-3)19-15(17-14)18(4)12-8-6-7-9-12/h11-12,16H,5-10H2,1-4H3. The lowest BCUT2D eigenvalue weighted by Gasteiger charge is -2.23. The maximum atomic E-state index is 4.95. The van der Waals surface area contributed by atoms with Crippen LogP contribution in [0.4, 0.5) is 5.13 Å². The second kappa shape index (κ2) is 6.71. The van der Waals surface area contributed by atoms with Crippen LogP contribution in [0.15, 0.2) is 0 Å². The van der Waals surface area contributed by atoms with Crippen LogP contribution >= 0.6 is 11.3 Å². The molecule has 4 heteroatoms. The molecule has 0 aromatic carbocycles. The second-order valence-electron chi connectivity index (χ2n) is 5.69. The predicted molar refractivity (Wildman–Crippen MR) is 84.2 cm³/mol. The molecule has 1 fully saturated rings. The Morgan fingerprint density at radius 2 is 2.11 bits per heavy atom. The molecule has 1 N–H and O–H groups in total. The first-order valence-corrected chi connectivity index (χ1v) is 8.36. The van der Waals surface area contributed by atoms with Gasteiger partial charge in [0.25, 0.3) is 0 Å². The lowest BCUT2D eigenvalue weighted by Crippen LogP contribution is -2.28. The Balaban J connectivity index is 2.20. The molecule has 0 amide bonds. The Labute approximate surface area is 121 Å². The Hall–Kier alpha value is -0.610. The van der Waals surface area contributed by atoms with Crippen molar-refractivity contribution in [2.24, 2.45) is 0 Å². The molecule has 1 heterocycles. The largest absolute Gasteiger partial charge is 0.348 e. The Kier molecular flexibility index (Phi) is 5.22. The van der Waals surface area contributed by atoms with Crippen molar-refractivity contribution in [2.45, 2.75) is 64.5 Å². The number of nitrogens with one attached hydrogen (secondary N) is 1. The minimum Gasteiger partial charge on any atom is -0.348 e. The summed E-state index contributed by atoms with van der Waals surface area (Å²) in [4.78, 5) is 8.78. The SMILES string of the molecule is CCC(C)c1nc(N(C)C2CCCC2)sc1CNC. The highest BCUT2D eigenvalue weighted by atomic mass is 32.1. The van der Waals surface area contributed by atoms with E-state index in [9.17, 15) is 0 Å². The van der Waals surface area contributed by atoms with Gasteiger partial charge in [0.2, 0.25) is 0 Å². The summed E-state index contributed by atoms with van der Waals surface area (Å²) in [5.41, 5.74) is 1.31. The summed E-state index contributed by atoms with van der Waals surface area (Å²) in [5, 5.41) is 4.49. The van der Waals surface area contributed by atoms with E-state index >= 15 is 0 Å². The van der Waals surface area contributed by atoms with Crippen molar-refractivity contribution in [3.63, 3.8) is 0 Å². The molecule has 0 bridgehead atoms. The van der Waals surface area contributed by atoms with Crippen LogP contribution in [0.3, 0.4) is 0 Å². The fourth-order valence-corrected chi connectivity index (χ4v) is 4.04. The first kappa shape index (κ1) is 14.8. The first-order chi connectivity index (χ1) is 9.17. The molecule has 0 radical (unpaired) electrons. The van der Waals surface area contributed by atoms with Crippen LogP contribution < -0.4 is 10.2 Å². The summed E-state index contributed by atoms with van der Waals surface area (Å²) in [5.74, 6) is 0.560. The summed E-state index contributed by atoms with van der Waals surface area (Å²) >= 11 is 1.88. The number of hydrogen-bond acceptors (Lipinski definition) is 4. The zero-order valence-corrected chi connectivity index (χ0v) is 13.5. The number of anilines is 1. The van der Waals surface area contributed by atoms with Crippen molar-refractivity contribution in [2.75, 3.05) is 19.0 Å². The highest BCUT2D eigenvalue weighted by Crippen LogP contribution is 2.34. The molecule has 1 unspecified atom stereocenters. The average molecular weight is 281 g/mol. The zero-order chi connectivity index (χ0) is 13.8. The minimum absolute atomic E-state index is 0.560. The lowest BCUT2D eigenvalue weighted by atomic mass is 10.0. The van der Waals surface area contributed by atoms with Crippen LogP contribution in [-0.4, -0.2) is 25.1 Å². The summed E-state index contributed by atoms with van der Waals surface area (Å²) in [6.07, 6.45) is 6.57. The molecular formula is C15H27N3S. The van der Waals surface area contributed by atoms with E-state index in [0.29, 0.717) is 12.0 Å². The summed E-state index contributed by atoms with van der Waals surface area (Å²) < 4.78 is 0. The smallest absolute Gasteiger partial charge is 0.185 e. The van der Waals surface area contributed by atoms with Crippen LogP contribution in [0.1, 0.15) is 62.4 Å². The quantitative estimate of drug-likeness (QED) is 0.860. The van der Waals surface area contributed by atoms with Gasteiger partial charge in [-0.3, -0.25) is 0 Å². The summed E-state index contributed by atoms with van der Waals surface area (Å²) in [7, 11) is 4.23. The molecule has 1 aromatic rings. The average Bonchev–Trinajstić information content (AvgIpc) is 3.07. The monoisotopic (exact) mass is 281 g/mol. The predicted octanol–water partition coefficient (Wildman–Crippen LogP) is 3.75. The molecule has 108 valence electrons. The molecule has 19 heavy (non-hydrogen) atoms. The molecule has 2 rings (SSSR count). The van der Waals surface area contributed by atoms with Crippen LogP contribution in [0, 0.1) is 0 Å². The van der Waals surface area contributed by atoms with Gasteiger partial charge in [0.15, 0.2) is 5.13 Å². The van der Waals surface area contributed by atoms with E-state index in [-0.39, 0.29) is 0 Å². The number of hydrogen-bond donors (Lipinski definition) is 1. The Morgan fingerprint density at radius 3 is 2.68 bits per heavy atom. The molecule has 0 spiro atoms. The third-order valence-corrected chi connectivity index (χ3v) is 5.47. The van der Waals surface area contributed by atoms with Crippen LogP contribution in [0.2, 0.25) is 0 Å². The molecule has 3 nitrogen and oxygen atoms in total. The maximum Gasteiger partial charge on any atom is 0.185 e. The van der Waals surface area contributed by atoms with E-state index in [1.807, 2.05) is 18.4 Å². The van der Waals surface area contributed by atoms with Gasteiger partial charge in [0.05, 0.1) is 5.69 Å². The molecular weight excluding hydrogens is 254 g/mol. The van der Waals surface area contributed by atoms with Gasteiger partial charge in [0.1, 0.15) is 0 Å². The maximum absolute atomic E-state index is 4.95. The molecule has 1 atom stereocenters. The fraction of sp³-hybridized carbons (Fsp3) is 0.800. The topological polar surface area (TPSA) is 28.2 Å². The van der Waals surface area contributed by atoms with Gasteiger partial charge >= 0.3 is 0 Å².